The summed E-state index contributed by atoms with van der Waals surface area (Å²) in [5.74, 6) is -0.785. The molecule has 0 saturated carbocycles. The predicted molar refractivity (Wildman–Crippen MR) is 105 cm³/mol. The number of hydrogen-bond acceptors (Lipinski definition) is 3. The fourth-order valence-electron chi connectivity index (χ4n) is 3.83. The van der Waals surface area contributed by atoms with E-state index in [4.69, 9.17) is 0 Å². The normalized spacial score (nSPS) is 20.9. The number of nitrogens with zero attached hydrogens (tertiary/aromatic N) is 1. The molecule has 1 fully saturated rings. The standard InChI is InChI=1S/C22H20FNO2S/c1-24-20(25)13-16(15-9-5-6-10-17(15)23)21(24)22(26)19-12-11-18(27-19)14-7-3-2-4-8-14/h2-12,16,21-22,26H,13H2,1H3/t16-,21-,22?/m1/s1. The Morgan fingerprint density at radius 3 is 2.52 bits per heavy atom. The first-order valence-corrected chi connectivity index (χ1v) is 9.71. The molecule has 0 bridgehead atoms. The van der Waals surface area contributed by atoms with E-state index in [1.807, 2.05) is 42.5 Å². The van der Waals surface area contributed by atoms with Crippen LogP contribution >= 0.6 is 11.3 Å². The van der Waals surface area contributed by atoms with Gasteiger partial charge in [0.2, 0.25) is 5.91 Å². The zero-order chi connectivity index (χ0) is 19.0. The Hall–Kier alpha value is -2.50. The molecule has 1 aromatic heterocycles. The summed E-state index contributed by atoms with van der Waals surface area (Å²) < 4.78 is 14.4. The smallest absolute Gasteiger partial charge is 0.223 e. The maximum atomic E-state index is 14.4. The Morgan fingerprint density at radius 1 is 1.07 bits per heavy atom. The Bertz CT molecular complexity index is 956. The molecule has 1 amide bonds. The van der Waals surface area contributed by atoms with Gasteiger partial charge in [-0.1, -0.05) is 48.5 Å². The van der Waals surface area contributed by atoms with Gasteiger partial charge in [-0.3, -0.25) is 4.79 Å². The molecular formula is C22H20FNO2S. The van der Waals surface area contributed by atoms with E-state index in [1.54, 1.807) is 30.1 Å². The summed E-state index contributed by atoms with van der Waals surface area (Å²) in [6.07, 6.45) is -0.663. The molecule has 138 valence electrons. The summed E-state index contributed by atoms with van der Waals surface area (Å²) >= 11 is 1.50. The van der Waals surface area contributed by atoms with Crippen LogP contribution in [0.5, 0.6) is 0 Å². The first-order chi connectivity index (χ1) is 13.1. The number of thiophene rings is 1. The number of aliphatic hydroxyl groups is 1. The zero-order valence-corrected chi connectivity index (χ0v) is 15.7. The highest BCUT2D eigenvalue weighted by molar-refractivity contribution is 7.15. The van der Waals surface area contributed by atoms with Crippen molar-refractivity contribution in [2.24, 2.45) is 0 Å². The van der Waals surface area contributed by atoms with Crippen molar-refractivity contribution in [1.82, 2.24) is 4.90 Å². The lowest BCUT2D eigenvalue weighted by Crippen LogP contribution is -2.36. The number of amides is 1. The molecule has 2 aromatic carbocycles. The summed E-state index contributed by atoms with van der Waals surface area (Å²) in [6.45, 7) is 0. The molecule has 27 heavy (non-hydrogen) atoms. The summed E-state index contributed by atoms with van der Waals surface area (Å²) in [5, 5.41) is 11.1. The second-order valence-electron chi connectivity index (χ2n) is 6.84. The number of likely N-dealkylation sites (tertiary alicyclic amines) is 1. The minimum absolute atomic E-state index is 0.0767. The first-order valence-electron chi connectivity index (χ1n) is 8.89. The third kappa shape index (κ3) is 3.29. The van der Waals surface area contributed by atoms with Crippen molar-refractivity contribution >= 4 is 17.2 Å². The molecule has 0 spiro atoms. The Balaban J connectivity index is 1.67. The third-order valence-corrected chi connectivity index (χ3v) is 6.46. The van der Waals surface area contributed by atoms with Gasteiger partial charge in [-0.05, 0) is 29.3 Å². The van der Waals surface area contributed by atoms with E-state index in [0.29, 0.717) is 5.56 Å². The molecule has 1 unspecified atom stereocenters. The Morgan fingerprint density at radius 2 is 1.78 bits per heavy atom. The van der Waals surface area contributed by atoms with Gasteiger partial charge in [-0.25, -0.2) is 4.39 Å². The third-order valence-electron chi connectivity index (χ3n) is 5.25. The van der Waals surface area contributed by atoms with Crippen LogP contribution in [0.2, 0.25) is 0 Å². The van der Waals surface area contributed by atoms with Crippen molar-refractivity contribution in [2.75, 3.05) is 7.05 Å². The van der Waals surface area contributed by atoms with E-state index < -0.39 is 12.1 Å². The predicted octanol–water partition coefficient (Wildman–Crippen LogP) is 4.60. The van der Waals surface area contributed by atoms with Crippen LogP contribution in [0.1, 0.15) is 28.9 Å². The molecule has 1 aliphatic rings. The van der Waals surface area contributed by atoms with Gasteiger partial charge in [-0.15, -0.1) is 11.3 Å². The van der Waals surface area contributed by atoms with Crippen molar-refractivity contribution in [3.05, 3.63) is 83.0 Å². The van der Waals surface area contributed by atoms with Crippen LogP contribution in [-0.2, 0) is 4.79 Å². The molecule has 3 atom stereocenters. The molecule has 3 aromatic rings. The van der Waals surface area contributed by atoms with E-state index in [9.17, 15) is 14.3 Å². The van der Waals surface area contributed by atoms with E-state index in [0.717, 1.165) is 15.3 Å². The molecule has 5 heteroatoms. The number of benzene rings is 2. The molecular weight excluding hydrogens is 361 g/mol. The molecule has 1 N–H and O–H groups in total. The highest BCUT2D eigenvalue weighted by Gasteiger charge is 2.44. The minimum atomic E-state index is -0.867. The lowest BCUT2D eigenvalue weighted by molar-refractivity contribution is -0.128. The maximum absolute atomic E-state index is 14.4. The molecule has 1 saturated heterocycles. The number of halogens is 1. The average Bonchev–Trinajstić information content (AvgIpc) is 3.28. The van der Waals surface area contributed by atoms with Crippen molar-refractivity contribution < 1.29 is 14.3 Å². The van der Waals surface area contributed by atoms with Gasteiger partial charge in [-0.2, -0.15) is 0 Å². The number of hydrogen-bond donors (Lipinski definition) is 1. The number of carbonyl (C=O) groups excluding carboxylic acids is 1. The van der Waals surface area contributed by atoms with Crippen LogP contribution in [0.25, 0.3) is 10.4 Å². The fourth-order valence-corrected chi connectivity index (χ4v) is 4.87. The molecule has 0 aliphatic carbocycles. The highest BCUT2D eigenvalue weighted by atomic mass is 32.1. The van der Waals surface area contributed by atoms with Gasteiger partial charge in [0.15, 0.2) is 0 Å². The maximum Gasteiger partial charge on any atom is 0.223 e. The molecule has 2 heterocycles. The second kappa shape index (κ2) is 7.25. The molecule has 0 radical (unpaired) electrons. The van der Waals surface area contributed by atoms with Crippen LogP contribution in [0.15, 0.2) is 66.7 Å². The van der Waals surface area contributed by atoms with Gasteiger partial charge >= 0.3 is 0 Å². The van der Waals surface area contributed by atoms with Gasteiger partial charge in [0, 0.05) is 29.1 Å². The summed E-state index contributed by atoms with van der Waals surface area (Å²) in [7, 11) is 1.68. The number of aliphatic hydroxyl groups excluding tert-OH is 1. The van der Waals surface area contributed by atoms with Gasteiger partial charge in [0.05, 0.1) is 6.04 Å². The molecule has 4 rings (SSSR count). The lowest BCUT2D eigenvalue weighted by atomic mass is 9.88. The average molecular weight is 381 g/mol. The molecule has 3 nitrogen and oxygen atoms in total. The quantitative estimate of drug-likeness (QED) is 0.717. The zero-order valence-electron chi connectivity index (χ0n) is 14.9. The van der Waals surface area contributed by atoms with Crippen LogP contribution in [0.4, 0.5) is 4.39 Å². The summed E-state index contributed by atoms with van der Waals surface area (Å²) in [6, 6.07) is 19.9. The van der Waals surface area contributed by atoms with Gasteiger partial charge in [0.25, 0.3) is 0 Å². The van der Waals surface area contributed by atoms with Crippen LogP contribution in [0, 0.1) is 5.82 Å². The summed E-state index contributed by atoms with van der Waals surface area (Å²) in [5.41, 5.74) is 1.57. The largest absolute Gasteiger partial charge is 0.385 e. The van der Waals surface area contributed by atoms with E-state index in [-0.39, 0.29) is 24.1 Å². The summed E-state index contributed by atoms with van der Waals surface area (Å²) in [4.78, 5) is 15.7. The Kier molecular flexibility index (Phi) is 4.81. The number of likely N-dealkylation sites (N-methyl/N-ethyl adjacent to an activating group) is 1. The highest BCUT2D eigenvalue weighted by Crippen LogP contribution is 2.43. The van der Waals surface area contributed by atoms with Crippen molar-refractivity contribution in [3.63, 3.8) is 0 Å². The SMILES string of the molecule is CN1C(=O)C[C@H](c2ccccc2F)[C@@H]1C(O)c1ccc(-c2ccccc2)s1. The van der Waals surface area contributed by atoms with Gasteiger partial charge < -0.3 is 10.0 Å². The van der Waals surface area contributed by atoms with Crippen LogP contribution in [0.3, 0.4) is 0 Å². The number of carbonyl (C=O) groups is 1. The van der Waals surface area contributed by atoms with Crippen molar-refractivity contribution in [2.45, 2.75) is 24.5 Å². The topological polar surface area (TPSA) is 40.5 Å². The van der Waals surface area contributed by atoms with E-state index in [2.05, 4.69) is 0 Å². The van der Waals surface area contributed by atoms with Crippen LogP contribution in [-0.4, -0.2) is 29.0 Å². The molecule has 1 aliphatic heterocycles. The van der Waals surface area contributed by atoms with E-state index >= 15 is 0 Å². The Labute approximate surface area is 161 Å². The van der Waals surface area contributed by atoms with Crippen molar-refractivity contribution in [3.8, 4) is 10.4 Å². The van der Waals surface area contributed by atoms with E-state index in [1.165, 1.54) is 17.4 Å². The second-order valence-corrected chi connectivity index (χ2v) is 7.96. The minimum Gasteiger partial charge on any atom is -0.385 e. The monoisotopic (exact) mass is 381 g/mol. The first kappa shape index (κ1) is 17.9. The lowest BCUT2D eigenvalue weighted by Gasteiger charge is -2.29. The van der Waals surface area contributed by atoms with Crippen LogP contribution < -0.4 is 0 Å². The van der Waals surface area contributed by atoms with Gasteiger partial charge in [0.1, 0.15) is 11.9 Å². The number of rotatable bonds is 4. The van der Waals surface area contributed by atoms with Crippen molar-refractivity contribution in [1.29, 1.82) is 0 Å². The fraction of sp³-hybridized carbons (Fsp3) is 0.227.